The van der Waals surface area contributed by atoms with E-state index in [0.717, 1.165) is 30.5 Å². The summed E-state index contributed by atoms with van der Waals surface area (Å²) < 4.78 is 25.7. The summed E-state index contributed by atoms with van der Waals surface area (Å²) in [5.74, 6) is 0.709. The number of aliphatic imine (C=N–C) groups is 1. The van der Waals surface area contributed by atoms with Crippen LogP contribution < -0.4 is 20.9 Å². The molecule has 0 saturated carbocycles. The van der Waals surface area contributed by atoms with E-state index in [1.807, 2.05) is 32.0 Å². The number of hydrogen-bond acceptors (Lipinski definition) is 7. The van der Waals surface area contributed by atoms with Gasteiger partial charge in [0.25, 0.3) is 0 Å². The van der Waals surface area contributed by atoms with Crippen LogP contribution in [-0.4, -0.2) is 10.7 Å². The van der Waals surface area contributed by atoms with E-state index in [4.69, 9.17) is 20.9 Å². The van der Waals surface area contributed by atoms with Crippen molar-refractivity contribution < 1.29 is 13.9 Å². The molecule has 0 fully saturated rings. The number of aryl methyl sites for hydroxylation is 1. The topological polar surface area (TPSA) is 120 Å². The molecule has 8 heteroatoms. The fraction of sp³-hybridized carbons (Fsp3) is 0.276. The van der Waals surface area contributed by atoms with Gasteiger partial charge in [0.05, 0.1) is 11.4 Å². The molecule has 0 bridgehead atoms. The van der Waals surface area contributed by atoms with Gasteiger partial charge in [-0.2, -0.15) is 5.26 Å². The van der Waals surface area contributed by atoms with Crippen LogP contribution in [-0.2, 0) is 6.61 Å². The molecule has 0 radical (unpaired) electrons. The van der Waals surface area contributed by atoms with E-state index in [0.29, 0.717) is 22.9 Å². The summed E-state index contributed by atoms with van der Waals surface area (Å²) in [6, 6.07) is 16.7. The van der Waals surface area contributed by atoms with E-state index >= 15 is 0 Å². The van der Waals surface area contributed by atoms with Crippen molar-refractivity contribution in [1.29, 1.82) is 5.26 Å². The lowest BCUT2D eigenvalue weighted by Gasteiger charge is -2.16. The molecule has 37 heavy (non-hydrogen) atoms. The Balaban J connectivity index is 1.72. The number of nitrogens with two attached hydrogens (primary N) is 2. The first-order valence-electron chi connectivity index (χ1n) is 12.2. The van der Waals surface area contributed by atoms with Crippen LogP contribution >= 0.6 is 0 Å². The van der Waals surface area contributed by atoms with Crippen molar-refractivity contribution in [3.8, 4) is 23.3 Å². The minimum Gasteiger partial charge on any atom is -0.489 e. The Hall–Kier alpha value is -4.38. The summed E-state index contributed by atoms with van der Waals surface area (Å²) in [7, 11) is 0. The molecule has 1 unspecified atom stereocenters. The van der Waals surface area contributed by atoms with Gasteiger partial charge in [0, 0.05) is 47.3 Å². The lowest BCUT2D eigenvalue weighted by Crippen LogP contribution is -2.22. The van der Waals surface area contributed by atoms with Crippen molar-refractivity contribution in [1.82, 2.24) is 4.98 Å². The fourth-order valence-electron chi connectivity index (χ4n) is 3.71. The van der Waals surface area contributed by atoms with Gasteiger partial charge < -0.3 is 20.9 Å². The molecule has 1 heterocycles. The molecule has 4 N–H and O–H groups in total. The van der Waals surface area contributed by atoms with Gasteiger partial charge in [-0.25, -0.2) is 9.38 Å². The Morgan fingerprint density at radius 1 is 1.05 bits per heavy atom. The quantitative estimate of drug-likeness (QED) is 0.291. The average Bonchev–Trinajstić information content (AvgIpc) is 2.90. The van der Waals surface area contributed by atoms with Gasteiger partial charge in [-0.3, -0.25) is 4.98 Å². The predicted octanol–water partition coefficient (Wildman–Crippen LogP) is 6.45. The van der Waals surface area contributed by atoms with Gasteiger partial charge in [0.1, 0.15) is 35.7 Å². The monoisotopic (exact) mass is 501 g/mol. The third-order valence-electron chi connectivity index (χ3n) is 5.78. The van der Waals surface area contributed by atoms with Gasteiger partial charge >= 0.3 is 0 Å². The molecule has 2 aromatic carbocycles. The number of allylic oxidation sites excluding steroid dienone is 2. The zero-order valence-corrected chi connectivity index (χ0v) is 21.4. The Morgan fingerprint density at radius 3 is 2.41 bits per heavy atom. The number of halogens is 1. The van der Waals surface area contributed by atoms with Crippen LogP contribution in [0.5, 0.6) is 17.2 Å². The van der Waals surface area contributed by atoms with Gasteiger partial charge in [0.2, 0.25) is 0 Å². The maximum Gasteiger partial charge on any atom is 0.165 e. The molecule has 0 aliphatic rings. The molecular formula is C29H32FN5O2. The van der Waals surface area contributed by atoms with Crippen molar-refractivity contribution in [2.45, 2.75) is 46.6 Å². The van der Waals surface area contributed by atoms with Crippen molar-refractivity contribution in [3.05, 3.63) is 89.3 Å². The molecule has 7 nitrogen and oxygen atoms in total. The summed E-state index contributed by atoms with van der Waals surface area (Å²) in [6.07, 6.45) is 4.42. The highest BCUT2D eigenvalue weighted by Gasteiger charge is 2.15. The van der Waals surface area contributed by atoms with Crippen molar-refractivity contribution in [2.24, 2.45) is 22.4 Å². The molecule has 1 aromatic heterocycles. The Morgan fingerprint density at radius 2 is 1.78 bits per heavy atom. The van der Waals surface area contributed by atoms with Crippen LogP contribution in [0.4, 0.5) is 10.1 Å². The highest BCUT2D eigenvalue weighted by molar-refractivity contribution is 6.12. The SMILES string of the molecule is CCCC(CC)/C(N)=C(\N)C(C#N)=Nc1ccc(Oc2cc(F)cc(OCc3ccc(C)nc3)c2)cc1. The number of rotatable bonds is 11. The lowest BCUT2D eigenvalue weighted by molar-refractivity contribution is 0.302. The van der Waals surface area contributed by atoms with Gasteiger partial charge in [-0.15, -0.1) is 0 Å². The Bertz CT molecular complexity index is 1300. The van der Waals surface area contributed by atoms with Crippen LogP contribution in [0, 0.1) is 30.0 Å². The molecule has 0 saturated heterocycles. The van der Waals surface area contributed by atoms with Gasteiger partial charge in [0.15, 0.2) is 5.71 Å². The molecule has 3 rings (SSSR count). The van der Waals surface area contributed by atoms with E-state index < -0.39 is 5.82 Å². The van der Waals surface area contributed by atoms with E-state index in [9.17, 15) is 9.65 Å². The Kier molecular flexibility index (Phi) is 9.61. The molecule has 3 aromatic rings. The molecule has 0 aliphatic heterocycles. The summed E-state index contributed by atoms with van der Waals surface area (Å²) in [5.41, 5.74) is 15.5. The van der Waals surface area contributed by atoms with Crippen molar-refractivity contribution in [3.63, 3.8) is 0 Å². The van der Waals surface area contributed by atoms with Crippen molar-refractivity contribution in [2.75, 3.05) is 0 Å². The Labute approximate surface area is 217 Å². The van der Waals surface area contributed by atoms with Crippen LogP contribution in [0.3, 0.4) is 0 Å². The third-order valence-corrected chi connectivity index (χ3v) is 5.78. The number of benzene rings is 2. The fourth-order valence-corrected chi connectivity index (χ4v) is 3.71. The van der Waals surface area contributed by atoms with Crippen LogP contribution in [0.25, 0.3) is 0 Å². The van der Waals surface area contributed by atoms with E-state index in [1.165, 1.54) is 12.1 Å². The number of hydrogen-bond donors (Lipinski definition) is 2. The normalized spacial score (nSPS) is 12.9. The predicted molar refractivity (Wildman–Crippen MR) is 143 cm³/mol. The van der Waals surface area contributed by atoms with E-state index in [1.54, 1.807) is 36.5 Å². The first-order valence-corrected chi connectivity index (χ1v) is 12.2. The zero-order valence-electron chi connectivity index (χ0n) is 21.4. The first kappa shape index (κ1) is 27.2. The highest BCUT2D eigenvalue weighted by atomic mass is 19.1. The van der Waals surface area contributed by atoms with E-state index in [-0.39, 0.29) is 29.7 Å². The van der Waals surface area contributed by atoms with Crippen LogP contribution in [0.15, 0.2) is 77.2 Å². The molecule has 192 valence electrons. The number of ether oxygens (including phenoxy) is 2. The van der Waals surface area contributed by atoms with Crippen LogP contribution in [0.1, 0.15) is 44.4 Å². The zero-order chi connectivity index (χ0) is 26.8. The standard InChI is InChI=1S/C29H32FN5O2/c1-4-6-21(5-2)28(32)29(33)27(16-31)35-23-9-11-24(12-10-23)37-26-14-22(30)13-25(15-26)36-18-20-8-7-19(3)34-17-20/h7-15,17,21H,4-6,18,32-33H2,1-3H3/b29-28+,35-27?. The second-order valence-corrected chi connectivity index (χ2v) is 8.65. The van der Waals surface area contributed by atoms with Gasteiger partial charge in [-0.1, -0.05) is 26.3 Å². The smallest absolute Gasteiger partial charge is 0.165 e. The number of pyridine rings is 1. The highest BCUT2D eigenvalue weighted by Crippen LogP contribution is 2.29. The minimum atomic E-state index is -0.484. The molecule has 0 aliphatic carbocycles. The summed E-state index contributed by atoms with van der Waals surface area (Å²) in [5, 5.41) is 9.60. The summed E-state index contributed by atoms with van der Waals surface area (Å²) in [4.78, 5) is 8.59. The maximum absolute atomic E-state index is 14.2. The third kappa shape index (κ3) is 7.80. The summed E-state index contributed by atoms with van der Waals surface area (Å²) in [6.45, 7) is 6.28. The number of nitriles is 1. The minimum absolute atomic E-state index is 0.0661. The average molecular weight is 502 g/mol. The molecular weight excluding hydrogens is 469 g/mol. The number of nitrogens with zero attached hydrogens (tertiary/aromatic N) is 3. The molecule has 0 amide bonds. The molecule has 0 spiro atoms. The first-order chi connectivity index (χ1) is 17.8. The second kappa shape index (κ2) is 13.1. The second-order valence-electron chi connectivity index (χ2n) is 8.65. The van der Waals surface area contributed by atoms with Crippen molar-refractivity contribution >= 4 is 11.4 Å². The maximum atomic E-state index is 14.2. The van der Waals surface area contributed by atoms with Gasteiger partial charge in [-0.05, 0) is 50.1 Å². The number of aromatic nitrogens is 1. The molecule has 1 atom stereocenters. The largest absolute Gasteiger partial charge is 0.489 e. The van der Waals surface area contributed by atoms with Crippen LogP contribution in [0.2, 0.25) is 0 Å². The van der Waals surface area contributed by atoms with E-state index in [2.05, 4.69) is 16.9 Å². The summed E-state index contributed by atoms with van der Waals surface area (Å²) >= 11 is 0. The lowest BCUT2D eigenvalue weighted by atomic mass is 9.95.